The fraction of sp³-hybridized carbons (Fsp3) is 0.312. The number of likely N-dealkylation sites (tertiary alicyclic amines) is 1. The average Bonchev–Trinajstić information content (AvgIpc) is 2.95. The second kappa shape index (κ2) is 6.52. The zero-order valence-corrected chi connectivity index (χ0v) is 13.8. The number of likely N-dealkylation sites (N-methyl/N-ethyl adjacent to an activating group) is 1. The van der Waals surface area contributed by atoms with Crippen molar-refractivity contribution in [3.8, 4) is 0 Å². The molecule has 0 unspecified atom stereocenters. The van der Waals surface area contributed by atoms with Gasteiger partial charge in [0.1, 0.15) is 5.69 Å². The molecular formula is C16H17ClN4O3. The van der Waals surface area contributed by atoms with Crippen molar-refractivity contribution in [2.75, 3.05) is 13.6 Å². The number of halogens is 1. The normalized spacial score (nSPS) is 20.9. The number of carbonyl (C=O) groups excluding carboxylic acids is 3. The molecule has 24 heavy (non-hydrogen) atoms. The first-order valence-electron chi connectivity index (χ1n) is 7.50. The third kappa shape index (κ3) is 3.21. The maximum atomic E-state index is 12.5. The Balaban J connectivity index is 1.78. The minimum Gasteiger partial charge on any atom is -0.352 e. The Bertz CT molecular complexity index is 804. The number of aromatic nitrogens is 1. The van der Waals surface area contributed by atoms with Crippen LogP contribution in [0.5, 0.6) is 0 Å². The predicted octanol–water partition coefficient (Wildman–Crippen LogP) is 0.896. The number of rotatable bonds is 4. The molecule has 1 aliphatic rings. The standard InChI is InChI=1S/C16H17ClN4O3/c1-21-7-14(18-8-22)12(6-15(21)23)20-16(24)13-5-9-4-10(17)2-3-11(9)19-13/h2-5,8,12,14,19H,6-7H2,1H3,(H,18,22)(H,20,24)/t12-,14-/m1/s1. The number of hydrogen-bond donors (Lipinski definition) is 3. The summed E-state index contributed by atoms with van der Waals surface area (Å²) in [6, 6.07) is 6.22. The van der Waals surface area contributed by atoms with Gasteiger partial charge in [0.2, 0.25) is 12.3 Å². The van der Waals surface area contributed by atoms with Crippen LogP contribution in [0.15, 0.2) is 24.3 Å². The third-order valence-corrected chi connectivity index (χ3v) is 4.44. The number of benzene rings is 1. The summed E-state index contributed by atoms with van der Waals surface area (Å²) in [6.07, 6.45) is 0.720. The summed E-state index contributed by atoms with van der Waals surface area (Å²) in [6.45, 7) is 0.352. The first-order valence-corrected chi connectivity index (χ1v) is 7.88. The molecule has 3 amide bonds. The molecule has 1 aliphatic heterocycles. The summed E-state index contributed by atoms with van der Waals surface area (Å²) in [5.41, 5.74) is 1.18. The maximum Gasteiger partial charge on any atom is 0.268 e. The number of nitrogens with one attached hydrogen (secondary N) is 3. The van der Waals surface area contributed by atoms with Gasteiger partial charge >= 0.3 is 0 Å². The lowest BCUT2D eigenvalue weighted by Crippen LogP contribution is -2.60. The van der Waals surface area contributed by atoms with E-state index in [0.29, 0.717) is 23.7 Å². The number of aromatic amines is 1. The van der Waals surface area contributed by atoms with Gasteiger partial charge in [0.25, 0.3) is 5.91 Å². The van der Waals surface area contributed by atoms with Gasteiger partial charge in [-0.3, -0.25) is 14.4 Å². The second-order valence-electron chi connectivity index (χ2n) is 5.86. The summed E-state index contributed by atoms with van der Waals surface area (Å²) in [4.78, 5) is 39.7. The van der Waals surface area contributed by atoms with Gasteiger partial charge < -0.3 is 20.5 Å². The van der Waals surface area contributed by atoms with Crippen molar-refractivity contribution in [2.45, 2.75) is 18.5 Å². The molecule has 2 aromatic rings. The van der Waals surface area contributed by atoms with E-state index >= 15 is 0 Å². The zero-order valence-electron chi connectivity index (χ0n) is 13.0. The van der Waals surface area contributed by atoms with Crippen molar-refractivity contribution in [1.82, 2.24) is 20.5 Å². The zero-order chi connectivity index (χ0) is 17.3. The quantitative estimate of drug-likeness (QED) is 0.716. The molecule has 2 heterocycles. The summed E-state index contributed by atoms with van der Waals surface area (Å²) in [5.74, 6) is -0.407. The molecule has 8 heteroatoms. The minimum atomic E-state index is -0.457. The molecule has 126 valence electrons. The Morgan fingerprint density at radius 3 is 2.92 bits per heavy atom. The number of piperidine rings is 1. The summed E-state index contributed by atoms with van der Waals surface area (Å²) in [5, 5.41) is 6.90. The van der Waals surface area contributed by atoms with E-state index in [2.05, 4.69) is 15.6 Å². The lowest BCUT2D eigenvalue weighted by molar-refractivity contribution is -0.134. The van der Waals surface area contributed by atoms with Crippen LogP contribution in [0, 0.1) is 0 Å². The predicted molar refractivity (Wildman–Crippen MR) is 89.8 cm³/mol. The monoisotopic (exact) mass is 348 g/mol. The van der Waals surface area contributed by atoms with E-state index in [1.165, 1.54) is 4.90 Å². The molecule has 0 spiro atoms. The van der Waals surface area contributed by atoms with E-state index in [-0.39, 0.29) is 24.3 Å². The van der Waals surface area contributed by atoms with Crippen LogP contribution < -0.4 is 10.6 Å². The van der Waals surface area contributed by atoms with E-state index in [0.717, 1.165) is 10.9 Å². The average molecular weight is 349 g/mol. The van der Waals surface area contributed by atoms with Gasteiger partial charge in [0, 0.05) is 35.9 Å². The van der Waals surface area contributed by atoms with Crippen LogP contribution in [0.3, 0.4) is 0 Å². The molecule has 3 rings (SSSR count). The van der Waals surface area contributed by atoms with Crippen LogP contribution in [0.2, 0.25) is 5.02 Å². The van der Waals surface area contributed by atoms with Gasteiger partial charge in [-0.15, -0.1) is 0 Å². The lowest BCUT2D eigenvalue weighted by atomic mass is 9.99. The van der Waals surface area contributed by atoms with E-state index in [1.807, 2.05) is 0 Å². The summed E-state index contributed by atoms with van der Waals surface area (Å²) >= 11 is 5.95. The van der Waals surface area contributed by atoms with Gasteiger partial charge in [-0.1, -0.05) is 11.6 Å². The molecule has 1 saturated heterocycles. The highest BCUT2D eigenvalue weighted by atomic mass is 35.5. The highest BCUT2D eigenvalue weighted by molar-refractivity contribution is 6.31. The van der Waals surface area contributed by atoms with Crippen molar-refractivity contribution in [3.63, 3.8) is 0 Å². The van der Waals surface area contributed by atoms with Crippen LogP contribution in [0.1, 0.15) is 16.9 Å². The fourth-order valence-corrected chi connectivity index (χ4v) is 3.07. The Labute approximate surface area is 143 Å². The first-order chi connectivity index (χ1) is 11.5. The molecule has 0 aliphatic carbocycles. The van der Waals surface area contributed by atoms with Crippen molar-refractivity contribution in [1.29, 1.82) is 0 Å². The molecule has 0 radical (unpaired) electrons. The van der Waals surface area contributed by atoms with Gasteiger partial charge in [-0.05, 0) is 24.3 Å². The Kier molecular flexibility index (Phi) is 4.44. The SMILES string of the molecule is CN1C[C@@H](NC=O)[C@H](NC(=O)c2cc3cc(Cl)ccc3[nH]2)CC1=O. The Hall–Kier alpha value is -2.54. The van der Waals surface area contributed by atoms with Crippen molar-refractivity contribution in [2.24, 2.45) is 0 Å². The third-order valence-electron chi connectivity index (χ3n) is 4.20. The van der Waals surface area contributed by atoms with Crippen LogP contribution in [-0.4, -0.2) is 53.8 Å². The van der Waals surface area contributed by atoms with Crippen LogP contribution in [-0.2, 0) is 9.59 Å². The van der Waals surface area contributed by atoms with Crippen molar-refractivity contribution >= 4 is 40.7 Å². The summed E-state index contributed by atoms with van der Waals surface area (Å²) in [7, 11) is 1.67. The molecule has 1 fully saturated rings. The van der Waals surface area contributed by atoms with Crippen LogP contribution in [0.25, 0.3) is 10.9 Å². The van der Waals surface area contributed by atoms with E-state index < -0.39 is 6.04 Å². The van der Waals surface area contributed by atoms with Gasteiger partial charge in [0.15, 0.2) is 0 Å². The van der Waals surface area contributed by atoms with E-state index in [1.54, 1.807) is 31.3 Å². The van der Waals surface area contributed by atoms with E-state index in [9.17, 15) is 14.4 Å². The summed E-state index contributed by atoms with van der Waals surface area (Å²) < 4.78 is 0. The molecular weight excluding hydrogens is 332 g/mol. The van der Waals surface area contributed by atoms with E-state index in [4.69, 9.17) is 11.6 Å². The van der Waals surface area contributed by atoms with Crippen LogP contribution in [0.4, 0.5) is 0 Å². The molecule has 0 bridgehead atoms. The maximum absolute atomic E-state index is 12.5. The Morgan fingerprint density at radius 1 is 1.38 bits per heavy atom. The molecule has 1 aromatic carbocycles. The number of amides is 3. The number of nitrogens with zero attached hydrogens (tertiary/aromatic N) is 1. The largest absolute Gasteiger partial charge is 0.352 e. The first kappa shape index (κ1) is 16.3. The molecule has 2 atom stereocenters. The molecule has 1 aromatic heterocycles. The smallest absolute Gasteiger partial charge is 0.268 e. The lowest BCUT2D eigenvalue weighted by Gasteiger charge is -2.36. The number of fused-ring (bicyclic) bond motifs is 1. The second-order valence-corrected chi connectivity index (χ2v) is 6.30. The molecule has 0 saturated carbocycles. The van der Waals surface area contributed by atoms with Crippen molar-refractivity contribution < 1.29 is 14.4 Å². The number of carbonyl (C=O) groups is 3. The van der Waals surface area contributed by atoms with Crippen LogP contribution >= 0.6 is 11.6 Å². The van der Waals surface area contributed by atoms with Gasteiger partial charge in [-0.25, -0.2) is 0 Å². The fourth-order valence-electron chi connectivity index (χ4n) is 2.89. The highest BCUT2D eigenvalue weighted by Crippen LogP contribution is 2.20. The van der Waals surface area contributed by atoms with Crippen molar-refractivity contribution in [3.05, 3.63) is 35.0 Å². The minimum absolute atomic E-state index is 0.0762. The highest BCUT2D eigenvalue weighted by Gasteiger charge is 2.33. The topological polar surface area (TPSA) is 94.3 Å². The Morgan fingerprint density at radius 2 is 2.17 bits per heavy atom. The molecule has 3 N–H and O–H groups in total. The number of hydrogen-bond acceptors (Lipinski definition) is 3. The number of H-pyrrole nitrogens is 1. The van der Waals surface area contributed by atoms with Gasteiger partial charge in [0.05, 0.1) is 12.1 Å². The van der Waals surface area contributed by atoms with Gasteiger partial charge in [-0.2, -0.15) is 0 Å². The molecule has 7 nitrogen and oxygen atoms in total.